The molecular formula is C14H26N2. The van der Waals surface area contributed by atoms with Gasteiger partial charge in [0.25, 0.3) is 0 Å². The van der Waals surface area contributed by atoms with Crippen LogP contribution in [0.25, 0.3) is 0 Å². The van der Waals surface area contributed by atoms with Crippen LogP contribution >= 0.6 is 0 Å². The molecule has 0 aromatic carbocycles. The van der Waals surface area contributed by atoms with Gasteiger partial charge in [0.15, 0.2) is 0 Å². The van der Waals surface area contributed by atoms with E-state index in [0.29, 0.717) is 0 Å². The second-order valence-electron chi connectivity index (χ2n) is 4.61. The topological polar surface area (TPSA) is 29.3 Å². The number of hydrogen-bond acceptors (Lipinski definition) is 2. The molecule has 1 aliphatic rings. The summed E-state index contributed by atoms with van der Waals surface area (Å²) in [5.74, 6) is 0. The SMILES string of the molecule is CCCCCC1=CCN(CC=CN)CCC1. The molecule has 0 saturated heterocycles. The molecule has 0 fully saturated rings. The Morgan fingerprint density at radius 1 is 1.44 bits per heavy atom. The monoisotopic (exact) mass is 222 g/mol. The van der Waals surface area contributed by atoms with E-state index in [0.717, 1.165) is 13.1 Å². The fraction of sp³-hybridized carbons (Fsp3) is 0.714. The van der Waals surface area contributed by atoms with Crippen molar-refractivity contribution in [3.05, 3.63) is 23.9 Å². The van der Waals surface area contributed by atoms with Crippen LogP contribution in [0, 0.1) is 0 Å². The van der Waals surface area contributed by atoms with Gasteiger partial charge in [0.1, 0.15) is 0 Å². The Morgan fingerprint density at radius 3 is 3.06 bits per heavy atom. The third-order valence-electron chi connectivity index (χ3n) is 3.21. The molecule has 1 heterocycles. The Labute approximate surface area is 100 Å². The molecule has 1 rings (SSSR count). The normalized spacial score (nSPS) is 18.7. The Morgan fingerprint density at radius 2 is 2.31 bits per heavy atom. The number of nitrogens with two attached hydrogens (primary N) is 1. The summed E-state index contributed by atoms with van der Waals surface area (Å²) in [6.45, 7) is 5.57. The van der Waals surface area contributed by atoms with E-state index >= 15 is 0 Å². The summed E-state index contributed by atoms with van der Waals surface area (Å²) in [5, 5.41) is 0. The molecule has 2 nitrogen and oxygen atoms in total. The quantitative estimate of drug-likeness (QED) is 0.553. The van der Waals surface area contributed by atoms with Gasteiger partial charge in [-0.2, -0.15) is 0 Å². The number of rotatable bonds is 6. The van der Waals surface area contributed by atoms with Crippen LogP contribution in [0.1, 0.15) is 45.4 Å². The van der Waals surface area contributed by atoms with E-state index in [1.54, 1.807) is 11.8 Å². The molecule has 0 atom stereocenters. The molecule has 0 unspecified atom stereocenters. The fourth-order valence-corrected chi connectivity index (χ4v) is 2.19. The van der Waals surface area contributed by atoms with Crippen molar-refractivity contribution >= 4 is 0 Å². The molecule has 0 aromatic rings. The van der Waals surface area contributed by atoms with Crippen molar-refractivity contribution in [2.24, 2.45) is 5.73 Å². The number of hydrogen-bond donors (Lipinski definition) is 1. The van der Waals surface area contributed by atoms with Crippen LogP contribution in [0.2, 0.25) is 0 Å². The van der Waals surface area contributed by atoms with Gasteiger partial charge in [-0.15, -0.1) is 0 Å². The van der Waals surface area contributed by atoms with Crippen LogP contribution < -0.4 is 5.73 Å². The fourth-order valence-electron chi connectivity index (χ4n) is 2.19. The van der Waals surface area contributed by atoms with Crippen LogP contribution in [0.15, 0.2) is 23.9 Å². The smallest absolute Gasteiger partial charge is 0.0183 e. The van der Waals surface area contributed by atoms with Crippen molar-refractivity contribution in [2.75, 3.05) is 19.6 Å². The summed E-state index contributed by atoms with van der Waals surface area (Å²) < 4.78 is 0. The van der Waals surface area contributed by atoms with Gasteiger partial charge in [-0.05, 0) is 38.4 Å². The predicted octanol–water partition coefficient (Wildman–Crippen LogP) is 3.06. The number of allylic oxidation sites excluding steroid dienone is 1. The highest BCUT2D eigenvalue weighted by molar-refractivity contribution is 5.05. The van der Waals surface area contributed by atoms with Crippen molar-refractivity contribution in [3.63, 3.8) is 0 Å². The summed E-state index contributed by atoms with van der Waals surface area (Å²) in [4.78, 5) is 2.45. The number of nitrogens with zero attached hydrogens (tertiary/aromatic N) is 1. The zero-order chi connectivity index (χ0) is 11.6. The van der Waals surface area contributed by atoms with E-state index in [1.807, 2.05) is 6.08 Å². The highest BCUT2D eigenvalue weighted by Crippen LogP contribution is 2.17. The lowest BCUT2D eigenvalue weighted by Gasteiger charge is -2.15. The zero-order valence-electron chi connectivity index (χ0n) is 10.6. The standard InChI is InChI=1S/C14H26N2/c1-2-3-4-7-14-8-5-11-16(13-9-14)12-6-10-15/h6,9-10H,2-5,7-8,11-13,15H2,1H3. The minimum absolute atomic E-state index is 0.995. The second-order valence-corrected chi connectivity index (χ2v) is 4.61. The third kappa shape index (κ3) is 5.36. The molecule has 0 radical (unpaired) electrons. The van der Waals surface area contributed by atoms with E-state index in [1.165, 1.54) is 45.1 Å². The van der Waals surface area contributed by atoms with Crippen molar-refractivity contribution < 1.29 is 0 Å². The molecule has 2 heteroatoms. The Kier molecular flexibility index (Phi) is 6.98. The largest absolute Gasteiger partial charge is 0.405 e. The van der Waals surface area contributed by atoms with Gasteiger partial charge in [0, 0.05) is 13.1 Å². The average Bonchev–Trinajstić information content (AvgIpc) is 2.52. The van der Waals surface area contributed by atoms with Gasteiger partial charge < -0.3 is 5.73 Å². The zero-order valence-corrected chi connectivity index (χ0v) is 10.6. The maximum absolute atomic E-state index is 5.37. The first kappa shape index (κ1) is 13.3. The molecule has 92 valence electrons. The van der Waals surface area contributed by atoms with E-state index in [2.05, 4.69) is 17.9 Å². The summed E-state index contributed by atoms with van der Waals surface area (Å²) >= 11 is 0. The predicted molar refractivity (Wildman–Crippen MR) is 71.2 cm³/mol. The van der Waals surface area contributed by atoms with Crippen LogP contribution in [0.5, 0.6) is 0 Å². The van der Waals surface area contributed by atoms with Crippen LogP contribution in [-0.4, -0.2) is 24.5 Å². The maximum Gasteiger partial charge on any atom is 0.0183 e. The molecule has 0 saturated carbocycles. The number of unbranched alkanes of at least 4 members (excludes halogenated alkanes) is 2. The van der Waals surface area contributed by atoms with E-state index in [9.17, 15) is 0 Å². The Bertz CT molecular complexity index is 231. The van der Waals surface area contributed by atoms with Crippen LogP contribution in [0.4, 0.5) is 0 Å². The van der Waals surface area contributed by atoms with Gasteiger partial charge in [0.2, 0.25) is 0 Å². The van der Waals surface area contributed by atoms with E-state index < -0.39 is 0 Å². The lowest BCUT2D eigenvalue weighted by Crippen LogP contribution is -2.24. The Hall–Kier alpha value is -0.760. The van der Waals surface area contributed by atoms with Gasteiger partial charge in [-0.25, -0.2) is 0 Å². The van der Waals surface area contributed by atoms with Gasteiger partial charge >= 0.3 is 0 Å². The molecule has 0 bridgehead atoms. The van der Waals surface area contributed by atoms with Crippen molar-refractivity contribution in [3.8, 4) is 0 Å². The molecule has 1 aliphatic heterocycles. The molecule has 0 amide bonds. The first-order valence-electron chi connectivity index (χ1n) is 6.63. The summed E-state index contributed by atoms with van der Waals surface area (Å²) in [5.41, 5.74) is 7.04. The molecular weight excluding hydrogens is 196 g/mol. The molecule has 2 N–H and O–H groups in total. The molecule has 0 spiro atoms. The minimum atomic E-state index is 0.995. The third-order valence-corrected chi connectivity index (χ3v) is 3.21. The molecule has 0 aromatic heterocycles. The maximum atomic E-state index is 5.37. The first-order chi connectivity index (χ1) is 7.86. The van der Waals surface area contributed by atoms with Crippen LogP contribution in [-0.2, 0) is 0 Å². The average molecular weight is 222 g/mol. The van der Waals surface area contributed by atoms with Crippen molar-refractivity contribution in [1.82, 2.24) is 4.90 Å². The van der Waals surface area contributed by atoms with E-state index in [-0.39, 0.29) is 0 Å². The van der Waals surface area contributed by atoms with Gasteiger partial charge in [-0.3, -0.25) is 4.90 Å². The highest BCUT2D eigenvalue weighted by atomic mass is 15.1. The van der Waals surface area contributed by atoms with Crippen molar-refractivity contribution in [1.29, 1.82) is 0 Å². The Balaban J connectivity index is 2.29. The van der Waals surface area contributed by atoms with Crippen molar-refractivity contribution in [2.45, 2.75) is 45.4 Å². The van der Waals surface area contributed by atoms with Crippen LogP contribution in [0.3, 0.4) is 0 Å². The minimum Gasteiger partial charge on any atom is -0.405 e. The highest BCUT2D eigenvalue weighted by Gasteiger charge is 2.08. The summed E-state index contributed by atoms with van der Waals surface area (Å²) in [6.07, 6.45) is 14.1. The lowest BCUT2D eigenvalue weighted by atomic mass is 10.0. The van der Waals surface area contributed by atoms with Gasteiger partial charge in [-0.1, -0.05) is 37.5 Å². The molecule has 16 heavy (non-hydrogen) atoms. The summed E-state index contributed by atoms with van der Waals surface area (Å²) in [7, 11) is 0. The second kappa shape index (κ2) is 8.40. The van der Waals surface area contributed by atoms with E-state index in [4.69, 9.17) is 5.73 Å². The summed E-state index contributed by atoms with van der Waals surface area (Å²) in [6, 6.07) is 0. The van der Waals surface area contributed by atoms with Gasteiger partial charge in [0.05, 0.1) is 0 Å². The molecule has 0 aliphatic carbocycles. The first-order valence-corrected chi connectivity index (χ1v) is 6.63. The lowest BCUT2D eigenvalue weighted by molar-refractivity contribution is 0.337.